The third-order valence-electron chi connectivity index (χ3n) is 3.20. The lowest BCUT2D eigenvalue weighted by Gasteiger charge is -2.13. The zero-order chi connectivity index (χ0) is 14.5. The molecular weight excluding hydrogens is 255 g/mol. The van der Waals surface area contributed by atoms with Crippen LogP contribution in [0.25, 0.3) is 11.5 Å². The molecule has 0 atom stereocenters. The lowest BCUT2D eigenvalue weighted by atomic mass is 10.0. The SMILES string of the molecule is CCc1nc(-c2ccc(F)cn2)nc(CC)c1CCN. The summed E-state index contributed by atoms with van der Waals surface area (Å²) in [5.74, 6) is 0.194. The molecule has 0 radical (unpaired) electrons. The molecule has 5 heteroatoms. The van der Waals surface area contributed by atoms with Crippen molar-refractivity contribution >= 4 is 0 Å². The second-order valence-electron chi connectivity index (χ2n) is 4.53. The van der Waals surface area contributed by atoms with Gasteiger partial charge in [0, 0.05) is 11.4 Å². The fraction of sp³-hybridized carbons (Fsp3) is 0.400. The van der Waals surface area contributed by atoms with E-state index in [9.17, 15) is 4.39 Å². The van der Waals surface area contributed by atoms with Crippen LogP contribution in [0.1, 0.15) is 30.8 Å². The highest BCUT2D eigenvalue weighted by atomic mass is 19.1. The molecule has 106 valence electrons. The number of hydrogen-bond donors (Lipinski definition) is 1. The normalized spacial score (nSPS) is 10.8. The molecule has 0 bridgehead atoms. The van der Waals surface area contributed by atoms with E-state index in [-0.39, 0.29) is 5.82 Å². The molecule has 0 aliphatic rings. The summed E-state index contributed by atoms with van der Waals surface area (Å²) in [6.07, 6.45) is 3.60. The Bertz CT molecular complexity index is 556. The minimum atomic E-state index is -0.361. The summed E-state index contributed by atoms with van der Waals surface area (Å²) in [7, 11) is 0. The molecule has 2 N–H and O–H groups in total. The molecule has 2 heterocycles. The van der Waals surface area contributed by atoms with Crippen LogP contribution >= 0.6 is 0 Å². The van der Waals surface area contributed by atoms with Gasteiger partial charge >= 0.3 is 0 Å². The molecular formula is C15H19FN4. The Kier molecular flexibility index (Phi) is 4.74. The van der Waals surface area contributed by atoms with Crippen LogP contribution in [0.4, 0.5) is 4.39 Å². The van der Waals surface area contributed by atoms with Gasteiger partial charge in [0.05, 0.1) is 6.20 Å². The number of aromatic nitrogens is 3. The lowest BCUT2D eigenvalue weighted by Crippen LogP contribution is -2.12. The van der Waals surface area contributed by atoms with Crippen LogP contribution < -0.4 is 5.73 Å². The first-order chi connectivity index (χ1) is 9.69. The third kappa shape index (κ3) is 2.99. The lowest BCUT2D eigenvalue weighted by molar-refractivity contribution is 0.621. The Morgan fingerprint density at radius 3 is 2.20 bits per heavy atom. The molecule has 0 unspecified atom stereocenters. The minimum absolute atomic E-state index is 0.361. The molecule has 20 heavy (non-hydrogen) atoms. The van der Waals surface area contributed by atoms with E-state index in [4.69, 9.17) is 5.73 Å². The van der Waals surface area contributed by atoms with Gasteiger partial charge in [-0.3, -0.25) is 0 Å². The van der Waals surface area contributed by atoms with Gasteiger partial charge in [-0.1, -0.05) is 13.8 Å². The van der Waals surface area contributed by atoms with Crippen molar-refractivity contribution in [2.24, 2.45) is 5.73 Å². The molecule has 0 spiro atoms. The number of halogens is 1. The van der Waals surface area contributed by atoms with Crippen LogP contribution in [0.3, 0.4) is 0 Å². The Hall–Kier alpha value is -1.88. The van der Waals surface area contributed by atoms with Gasteiger partial charge in [0.1, 0.15) is 11.5 Å². The van der Waals surface area contributed by atoms with Crippen molar-refractivity contribution in [3.05, 3.63) is 41.1 Å². The van der Waals surface area contributed by atoms with Crippen molar-refractivity contribution in [1.29, 1.82) is 0 Å². The summed E-state index contributed by atoms with van der Waals surface area (Å²) in [6, 6.07) is 2.98. The van der Waals surface area contributed by atoms with Crippen LogP contribution in [-0.4, -0.2) is 21.5 Å². The predicted molar refractivity (Wildman–Crippen MR) is 76.7 cm³/mol. The Labute approximate surface area is 118 Å². The largest absolute Gasteiger partial charge is 0.330 e. The van der Waals surface area contributed by atoms with Crippen LogP contribution in [-0.2, 0) is 19.3 Å². The van der Waals surface area contributed by atoms with Crippen LogP contribution in [0, 0.1) is 5.82 Å². The molecule has 2 aromatic rings. The maximum atomic E-state index is 12.9. The van der Waals surface area contributed by atoms with Gasteiger partial charge in [0.2, 0.25) is 0 Å². The molecule has 0 aromatic carbocycles. The number of hydrogen-bond acceptors (Lipinski definition) is 4. The smallest absolute Gasteiger partial charge is 0.178 e. The zero-order valence-corrected chi connectivity index (χ0v) is 11.9. The van der Waals surface area contributed by atoms with Crippen molar-refractivity contribution < 1.29 is 4.39 Å². The van der Waals surface area contributed by atoms with E-state index < -0.39 is 0 Å². The van der Waals surface area contributed by atoms with E-state index in [2.05, 4.69) is 28.8 Å². The first-order valence-electron chi connectivity index (χ1n) is 6.90. The van der Waals surface area contributed by atoms with Crippen molar-refractivity contribution in [3.63, 3.8) is 0 Å². The van der Waals surface area contributed by atoms with E-state index in [1.54, 1.807) is 6.07 Å². The van der Waals surface area contributed by atoms with E-state index in [0.717, 1.165) is 36.2 Å². The standard InChI is InChI=1S/C15H19FN4/c1-3-12-11(7-8-17)13(4-2)20-15(19-12)14-6-5-10(16)9-18-14/h5-6,9H,3-4,7-8,17H2,1-2H3. The van der Waals surface area contributed by atoms with Crippen molar-refractivity contribution in [1.82, 2.24) is 15.0 Å². The summed E-state index contributed by atoms with van der Waals surface area (Å²) < 4.78 is 12.9. The van der Waals surface area contributed by atoms with Crippen LogP contribution in [0.2, 0.25) is 0 Å². The van der Waals surface area contributed by atoms with Gasteiger partial charge in [0.25, 0.3) is 0 Å². The molecule has 0 amide bonds. The van der Waals surface area contributed by atoms with Gasteiger partial charge in [-0.05, 0) is 43.5 Å². The highest BCUT2D eigenvalue weighted by Crippen LogP contribution is 2.19. The zero-order valence-electron chi connectivity index (χ0n) is 11.9. The molecule has 0 saturated heterocycles. The first kappa shape index (κ1) is 14.5. The Morgan fingerprint density at radius 2 is 1.75 bits per heavy atom. The average molecular weight is 274 g/mol. The number of rotatable bonds is 5. The van der Waals surface area contributed by atoms with Crippen LogP contribution in [0.5, 0.6) is 0 Å². The van der Waals surface area contributed by atoms with Gasteiger partial charge in [-0.2, -0.15) is 0 Å². The second kappa shape index (κ2) is 6.52. The summed E-state index contributed by atoms with van der Waals surface area (Å²) in [5, 5.41) is 0. The Balaban J connectivity index is 2.52. The van der Waals surface area contributed by atoms with E-state index in [1.165, 1.54) is 12.3 Å². The fourth-order valence-corrected chi connectivity index (χ4v) is 2.22. The monoisotopic (exact) mass is 274 g/mol. The first-order valence-corrected chi connectivity index (χ1v) is 6.90. The molecule has 0 aliphatic carbocycles. The van der Waals surface area contributed by atoms with Crippen molar-refractivity contribution in [2.45, 2.75) is 33.1 Å². The molecule has 2 aromatic heterocycles. The Morgan fingerprint density at radius 1 is 1.10 bits per heavy atom. The van der Waals surface area contributed by atoms with Crippen LogP contribution in [0.15, 0.2) is 18.3 Å². The van der Waals surface area contributed by atoms with Gasteiger partial charge in [0.15, 0.2) is 5.82 Å². The summed E-state index contributed by atoms with van der Waals surface area (Å²) in [4.78, 5) is 13.2. The molecule has 0 aliphatic heterocycles. The maximum absolute atomic E-state index is 12.9. The summed E-state index contributed by atoms with van der Waals surface area (Å²) >= 11 is 0. The van der Waals surface area contributed by atoms with E-state index in [1.807, 2.05) is 0 Å². The molecule has 2 rings (SSSR count). The highest BCUT2D eigenvalue weighted by Gasteiger charge is 2.13. The topological polar surface area (TPSA) is 64.7 Å². The van der Waals surface area contributed by atoms with E-state index >= 15 is 0 Å². The summed E-state index contributed by atoms with van der Waals surface area (Å²) in [5.41, 5.74) is 9.41. The predicted octanol–water partition coefficient (Wildman–Crippen LogP) is 2.30. The van der Waals surface area contributed by atoms with Crippen molar-refractivity contribution in [2.75, 3.05) is 6.54 Å². The number of aryl methyl sites for hydroxylation is 2. The number of nitrogens with zero attached hydrogens (tertiary/aromatic N) is 3. The molecule has 0 fully saturated rings. The number of nitrogens with two attached hydrogens (primary N) is 1. The minimum Gasteiger partial charge on any atom is -0.330 e. The second-order valence-corrected chi connectivity index (χ2v) is 4.53. The van der Waals surface area contributed by atoms with Crippen molar-refractivity contribution in [3.8, 4) is 11.5 Å². The van der Waals surface area contributed by atoms with Gasteiger partial charge in [-0.15, -0.1) is 0 Å². The van der Waals surface area contributed by atoms with E-state index in [0.29, 0.717) is 18.1 Å². The van der Waals surface area contributed by atoms with Gasteiger partial charge < -0.3 is 5.73 Å². The molecule has 4 nitrogen and oxygen atoms in total. The maximum Gasteiger partial charge on any atom is 0.178 e. The quantitative estimate of drug-likeness (QED) is 0.908. The number of pyridine rings is 1. The summed E-state index contributed by atoms with van der Waals surface area (Å²) in [6.45, 7) is 4.70. The van der Waals surface area contributed by atoms with Gasteiger partial charge in [-0.25, -0.2) is 19.3 Å². The third-order valence-corrected chi connectivity index (χ3v) is 3.20. The molecule has 0 saturated carbocycles. The average Bonchev–Trinajstić information content (AvgIpc) is 2.48. The highest BCUT2D eigenvalue weighted by molar-refractivity contribution is 5.50. The fourth-order valence-electron chi connectivity index (χ4n) is 2.22.